The quantitative estimate of drug-likeness (QED) is 0.263. The van der Waals surface area contributed by atoms with Crippen LogP contribution in [0.5, 0.6) is 0 Å². The van der Waals surface area contributed by atoms with Crippen LogP contribution in [0.25, 0.3) is 44.1 Å². The van der Waals surface area contributed by atoms with E-state index in [4.69, 9.17) is 17.6 Å². The Labute approximate surface area is 163 Å². The van der Waals surface area contributed by atoms with Crippen molar-refractivity contribution >= 4 is 34.2 Å². The summed E-state index contributed by atoms with van der Waals surface area (Å²) in [5.74, 6) is 0. The normalized spacial score (nSPS) is 11.1. The molecule has 0 spiro atoms. The first kappa shape index (κ1) is 16.1. The van der Waals surface area contributed by atoms with Gasteiger partial charge < -0.3 is 0 Å². The van der Waals surface area contributed by atoms with Gasteiger partial charge in [-0.3, -0.25) is 0 Å². The number of benzene rings is 4. The van der Waals surface area contributed by atoms with Gasteiger partial charge in [-0.05, 0) is 28.3 Å². The number of hydrogen-bond acceptors (Lipinski definition) is 2. The summed E-state index contributed by atoms with van der Waals surface area (Å²) < 4.78 is 0. The highest BCUT2D eigenvalue weighted by Gasteiger charge is 2.13. The van der Waals surface area contributed by atoms with Gasteiger partial charge in [-0.15, -0.1) is 12.6 Å². The van der Waals surface area contributed by atoms with Crippen LogP contribution in [0.2, 0.25) is 0 Å². The smallest absolute Gasteiger partial charge is 0.0788 e. The summed E-state index contributed by atoms with van der Waals surface area (Å²) in [6.07, 6.45) is 0. The van der Waals surface area contributed by atoms with E-state index in [0.29, 0.717) is 0 Å². The third kappa shape index (κ3) is 2.79. The number of fused-ring (bicyclic) bond motifs is 2. The van der Waals surface area contributed by atoms with Crippen LogP contribution in [0.15, 0.2) is 102 Å². The van der Waals surface area contributed by atoms with Crippen molar-refractivity contribution in [3.05, 3.63) is 97.1 Å². The Hall–Kier alpha value is -3.10. The third-order valence-electron chi connectivity index (χ3n) is 4.95. The second kappa shape index (κ2) is 6.57. The van der Waals surface area contributed by atoms with Crippen molar-refractivity contribution in [1.29, 1.82) is 0 Å². The van der Waals surface area contributed by atoms with Crippen molar-refractivity contribution in [2.24, 2.45) is 0 Å². The maximum atomic E-state index is 5.06. The van der Waals surface area contributed by atoms with E-state index in [0.717, 1.165) is 43.6 Å². The first-order chi connectivity index (χ1) is 13.3. The van der Waals surface area contributed by atoms with Crippen molar-refractivity contribution < 1.29 is 0 Å². The largest absolute Gasteiger partial charge is 0.247 e. The average molecular weight is 363 g/mol. The molecule has 0 unspecified atom stereocenters. The van der Waals surface area contributed by atoms with Crippen molar-refractivity contribution in [2.45, 2.75) is 4.90 Å². The Morgan fingerprint density at radius 2 is 1.19 bits per heavy atom. The Kier molecular flexibility index (Phi) is 3.92. The molecule has 0 amide bonds. The van der Waals surface area contributed by atoms with Gasteiger partial charge >= 0.3 is 0 Å². The summed E-state index contributed by atoms with van der Waals surface area (Å²) in [6, 6.07) is 33.5. The molecule has 4 aromatic carbocycles. The highest BCUT2D eigenvalue weighted by molar-refractivity contribution is 7.80. The second-order valence-corrected chi connectivity index (χ2v) is 7.08. The number of thiol groups is 1. The molecule has 1 nitrogen and oxygen atoms in total. The van der Waals surface area contributed by atoms with Gasteiger partial charge in [0.15, 0.2) is 0 Å². The van der Waals surface area contributed by atoms with Crippen LogP contribution in [0, 0.1) is 0 Å². The van der Waals surface area contributed by atoms with Crippen molar-refractivity contribution in [3.63, 3.8) is 0 Å². The van der Waals surface area contributed by atoms with E-state index in [1.807, 2.05) is 24.3 Å². The number of nitrogens with zero attached hydrogens (tertiary/aromatic N) is 1. The van der Waals surface area contributed by atoms with Crippen LogP contribution in [0.1, 0.15) is 0 Å². The van der Waals surface area contributed by atoms with Crippen LogP contribution in [0.4, 0.5) is 0 Å². The molecule has 0 radical (unpaired) electrons. The van der Waals surface area contributed by atoms with E-state index in [2.05, 4.69) is 72.8 Å². The summed E-state index contributed by atoms with van der Waals surface area (Å²) in [5.41, 5.74) is 4.18. The molecular weight excluding hydrogens is 346 g/mol. The molecule has 128 valence electrons. The molecule has 0 aliphatic carbocycles. The van der Waals surface area contributed by atoms with Crippen LogP contribution in [0.3, 0.4) is 0 Å². The van der Waals surface area contributed by atoms with Gasteiger partial charge in [0, 0.05) is 21.4 Å². The van der Waals surface area contributed by atoms with E-state index in [9.17, 15) is 0 Å². The molecule has 5 rings (SSSR count). The molecule has 0 saturated heterocycles. The minimum Gasteiger partial charge on any atom is -0.247 e. The molecule has 0 N–H and O–H groups in total. The molecule has 27 heavy (non-hydrogen) atoms. The first-order valence-corrected chi connectivity index (χ1v) is 9.42. The average Bonchev–Trinajstić information content (AvgIpc) is 2.75. The molecule has 5 aromatic rings. The van der Waals surface area contributed by atoms with E-state index < -0.39 is 0 Å². The van der Waals surface area contributed by atoms with Gasteiger partial charge in [0.05, 0.1) is 11.4 Å². The van der Waals surface area contributed by atoms with Gasteiger partial charge in [-0.2, -0.15) is 0 Å². The Bertz CT molecular complexity index is 1260. The standard InChI is InChI=1S/C25H17NS/c27-25-20-14-8-7-13-19(20)15-21-22(25)16-23(17-9-3-1-4-10-17)26-24(21)18-11-5-2-6-12-18/h1-16,27H. The SMILES string of the molecule is Sc1c2ccccc2cc2c(-c3ccccc3)nc(-c3ccccc3)cc12. The molecular formula is C25H17NS. The molecule has 0 fully saturated rings. The summed E-state index contributed by atoms with van der Waals surface area (Å²) in [6.45, 7) is 0. The minimum atomic E-state index is 0.965. The fourth-order valence-corrected chi connectivity index (χ4v) is 4.00. The van der Waals surface area contributed by atoms with Crippen molar-refractivity contribution in [2.75, 3.05) is 0 Å². The molecule has 1 aromatic heterocycles. The number of rotatable bonds is 2. The third-order valence-corrected chi connectivity index (χ3v) is 5.43. The van der Waals surface area contributed by atoms with Gasteiger partial charge in [0.2, 0.25) is 0 Å². The molecule has 1 heterocycles. The van der Waals surface area contributed by atoms with Crippen molar-refractivity contribution in [1.82, 2.24) is 4.98 Å². The predicted octanol–water partition coefficient (Wildman–Crippen LogP) is 7.01. The lowest BCUT2D eigenvalue weighted by Gasteiger charge is -2.14. The van der Waals surface area contributed by atoms with E-state index in [-0.39, 0.29) is 0 Å². The van der Waals surface area contributed by atoms with Gasteiger partial charge in [-0.1, -0.05) is 84.9 Å². The van der Waals surface area contributed by atoms with Crippen LogP contribution >= 0.6 is 12.6 Å². The Morgan fingerprint density at radius 3 is 1.93 bits per heavy atom. The van der Waals surface area contributed by atoms with E-state index in [1.165, 1.54) is 5.39 Å². The summed E-state index contributed by atoms with van der Waals surface area (Å²) in [7, 11) is 0. The maximum Gasteiger partial charge on any atom is 0.0788 e. The van der Waals surface area contributed by atoms with Crippen LogP contribution in [-0.2, 0) is 0 Å². The molecule has 0 saturated carbocycles. The fraction of sp³-hybridized carbons (Fsp3) is 0. The highest BCUT2D eigenvalue weighted by atomic mass is 32.1. The maximum absolute atomic E-state index is 5.06. The topological polar surface area (TPSA) is 12.9 Å². The van der Waals surface area contributed by atoms with E-state index >= 15 is 0 Å². The summed E-state index contributed by atoms with van der Waals surface area (Å²) in [4.78, 5) is 6.06. The Morgan fingerprint density at radius 1 is 0.556 bits per heavy atom. The second-order valence-electron chi connectivity index (χ2n) is 6.63. The molecule has 0 aliphatic rings. The molecule has 0 atom stereocenters. The summed E-state index contributed by atoms with van der Waals surface area (Å²) >= 11 is 4.91. The Balaban J connectivity index is 1.92. The number of aromatic nitrogens is 1. The molecule has 2 heteroatoms. The zero-order valence-corrected chi connectivity index (χ0v) is 15.5. The zero-order chi connectivity index (χ0) is 18.2. The lowest BCUT2D eigenvalue weighted by Crippen LogP contribution is -1.92. The lowest BCUT2D eigenvalue weighted by molar-refractivity contribution is 1.35. The van der Waals surface area contributed by atoms with Crippen LogP contribution < -0.4 is 0 Å². The van der Waals surface area contributed by atoms with Gasteiger partial charge in [0.25, 0.3) is 0 Å². The molecule has 0 bridgehead atoms. The number of hydrogen-bond donors (Lipinski definition) is 1. The van der Waals surface area contributed by atoms with Gasteiger partial charge in [-0.25, -0.2) is 4.98 Å². The van der Waals surface area contributed by atoms with E-state index in [1.54, 1.807) is 0 Å². The zero-order valence-electron chi connectivity index (χ0n) is 14.6. The van der Waals surface area contributed by atoms with Crippen LogP contribution in [-0.4, -0.2) is 4.98 Å². The number of pyridine rings is 1. The predicted molar refractivity (Wildman–Crippen MR) is 117 cm³/mol. The first-order valence-electron chi connectivity index (χ1n) is 8.97. The monoisotopic (exact) mass is 363 g/mol. The fourth-order valence-electron chi connectivity index (χ4n) is 3.61. The van der Waals surface area contributed by atoms with Crippen molar-refractivity contribution in [3.8, 4) is 22.5 Å². The van der Waals surface area contributed by atoms with Gasteiger partial charge in [0.1, 0.15) is 0 Å². The minimum absolute atomic E-state index is 0.965. The molecule has 0 aliphatic heterocycles. The summed E-state index contributed by atoms with van der Waals surface area (Å²) in [5, 5.41) is 4.60. The lowest BCUT2D eigenvalue weighted by atomic mass is 9.97. The highest BCUT2D eigenvalue weighted by Crippen LogP contribution is 2.38.